The minimum atomic E-state index is -3.57. The van der Waals surface area contributed by atoms with Gasteiger partial charge in [-0.05, 0) is 18.8 Å². The third-order valence-corrected chi connectivity index (χ3v) is 16.1. The number of amides is 4. The Kier molecular flexibility index (Phi) is 29.3. The van der Waals surface area contributed by atoms with Crippen LogP contribution in [0.1, 0.15) is 34.5 Å². The third kappa shape index (κ3) is 20.3. The number of nitrogens with two attached hydrogens (primary N) is 1. The van der Waals surface area contributed by atoms with Crippen LogP contribution in [0.25, 0.3) is 0 Å². The number of anilines is 8. The molecule has 29 nitrogen and oxygen atoms in total. The molecular weight excluding hydrogens is 1320 g/mol. The van der Waals surface area contributed by atoms with E-state index in [4.69, 9.17) is 43.6 Å². The molecule has 4 amide bonds. The van der Waals surface area contributed by atoms with Crippen LogP contribution < -0.4 is 79.2 Å². The number of carbonyl (C=O) groups is 3. The molecule has 0 spiro atoms. The average molecular weight is 1400 g/mol. The number of carbonyl (C=O) groups excluding carboxylic acids is 3. The molecule has 2 aliphatic rings. The van der Waals surface area contributed by atoms with Gasteiger partial charge in [0.05, 0.1) is 86.9 Å². The van der Waals surface area contributed by atoms with E-state index in [1.165, 1.54) is 83.6 Å². The van der Waals surface area contributed by atoms with Crippen molar-refractivity contribution in [3.63, 3.8) is 0 Å². The van der Waals surface area contributed by atoms with Crippen LogP contribution in [-0.4, -0.2) is 177 Å². The van der Waals surface area contributed by atoms with Crippen LogP contribution in [0.5, 0.6) is 46.0 Å². The number of hydrogen-bond acceptors (Lipinski definition) is 28. The molecule has 4 aromatic carbocycles. The lowest BCUT2D eigenvalue weighted by molar-refractivity contribution is 0.112. The molecule has 0 unspecified atom stereocenters. The number of fused-ring (bicyclic) bond motifs is 2. The van der Waals surface area contributed by atoms with Gasteiger partial charge in [0.2, 0.25) is 15.0 Å². The fourth-order valence-electron chi connectivity index (χ4n) is 8.70. The standard InChI is InChI=1S/C16H18N4O5S.C16H18N4O3S.C15H20N4O2S.C8H11NO2.C7H9N3OS.CH4/c1-19-14-10(8-17-15(18-14)26(4,22)23)9-20(16(19)21)11-5-12(24-2)7-13(6-11)25-3;1-19-14-10(8-17-15(18-14)24-4)9-20(16(19)21)11-5-12(22-2)7-13(6-11)23-3;1-16-14-10(9-18-15(19-14)22-4)8-17-11-5-12(20-2)7-13(6-11)21-3;1-10-7-3-6(9)4-8(5-7)11-2;1-8-6-5(4-11)3-9-7(10-6)12-2;/h5-8H,9H2,1-4H3;5-8H,9H2,1-4H3;5-7,9,17H,8H2,1-4H3,(H,16,18,19);3-5H,9H2,1-2H3;3-4H,1-2H3,(H,8,9,10);1H4. The number of urea groups is 2. The third-order valence-electron chi connectivity index (χ3n) is 13.6. The second-order valence-corrected chi connectivity index (χ2v) is 23.8. The quantitative estimate of drug-likeness (QED) is 0.0238. The summed E-state index contributed by atoms with van der Waals surface area (Å²) in [7, 11) is 15.9. The van der Waals surface area contributed by atoms with E-state index in [1.54, 1.807) is 122 Å². The Hall–Kier alpha value is -9.99. The number of aromatic nitrogens is 8. The van der Waals surface area contributed by atoms with Gasteiger partial charge in [-0.15, -0.1) is 0 Å². The van der Waals surface area contributed by atoms with Gasteiger partial charge in [-0.2, -0.15) is 0 Å². The molecule has 5 N–H and O–H groups in total. The first kappa shape index (κ1) is 76.7. The fraction of sp³-hybridized carbons (Fsp3) is 0.317. The lowest BCUT2D eigenvalue weighted by Gasteiger charge is -2.34. The van der Waals surface area contributed by atoms with Crippen molar-refractivity contribution < 1.29 is 60.7 Å². The predicted octanol–water partition coefficient (Wildman–Crippen LogP) is 10.1. The number of thioether (sulfide) groups is 3. The molecule has 8 aromatic rings. The molecule has 0 atom stereocenters. The molecule has 10 rings (SSSR count). The minimum Gasteiger partial charge on any atom is -0.497 e. The maximum Gasteiger partial charge on any atom is 0.330 e. The van der Waals surface area contributed by atoms with Gasteiger partial charge < -0.3 is 59.6 Å². The second kappa shape index (κ2) is 36.6. The molecule has 4 aromatic heterocycles. The highest BCUT2D eigenvalue weighted by atomic mass is 32.2. The summed E-state index contributed by atoms with van der Waals surface area (Å²) in [6.45, 7) is 1.18. The maximum atomic E-state index is 12.8. The number of sulfone groups is 1. The normalized spacial score (nSPS) is 11.9. The zero-order valence-electron chi connectivity index (χ0n) is 55.3. The largest absolute Gasteiger partial charge is 0.497 e. The highest BCUT2D eigenvalue weighted by Gasteiger charge is 2.33. The van der Waals surface area contributed by atoms with E-state index >= 15 is 0 Å². The van der Waals surface area contributed by atoms with Crippen molar-refractivity contribution in [1.29, 1.82) is 0 Å². The summed E-state index contributed by atoms with van der Waals surface area (Å²) in [5.74, 6) is 7.55. The van der Waals surface area contributed by atoms with E-state index in [9.17, 15) is 22.8 Å². The smallest absolute Gasteiger partial charge is 0.330 e. The van der Waals surface area contributed by atoms with Gasteiger partial charge in [0.25, 0.3) is 0 Å². The second-order valence-electron chi connectivity index (χ2n) is 19.6. The number of hydrogen-bond donors (Lipinski definition) is 4. The first-order chi connectivity index (χ1) is 45.6. The average Bonchev–Trinajstić information content (AvgIpc) is 0.780. The van der Waals surface area contributed by atoms with E-state index in [1.807, 2.05) is 50.2 Å². The number of methoxy groups -OCH3 is 8. The number of nitrogens with zero attached hydrogens (tertiary/aromatic N) is 12. The van der Waals surface area contributed by atoms with Gasteiger partial charge in [-0.3, -0.25) is 24.4 Å². The molecule has 6 heterocycles. The number of nitrogens with one attached hydrogen (secondary N) is 3. The molecule has 514 valence electrons. The molecule has 0 fully saturated rings. The molecular formula is C63H80N16O13S4. The first-order valence-electron chi connectivity index (χ1n) is 28.2. The lowest BCUT2D eigenvalue weighted by atomic mass is 10.2. The van der Waals surface area contributed by atoms with Gasteiger partial charge in [-0.1, -0.05) is 42.7 Å². The van der Waals surface area contributed by atoms with E-state index in [2.05, 4.69) is 55.8 Å². The van der Waals surface area contributed by atoms with Crippen molar-refractivity contribution in [3.8, 4) is 46.0 Å². The van der Waals surface area contributed by atoms with Gasteiger partial charge in [0, 0.05) is 167 Å². The van der Waals surface area contributed by atoms with Crippen LogP contribution >= 0.6 is 35.3 Å². The molecule has 0 saturated heterocycles. The summed E-state index contributed by atoms with van der Waals surface area (Å²) in [6, 6.07) is 20.9. The number of rotatable bonds is 20. The minimum absolute atomic E-state index is 0. The van der Waals surface area contributed by atoms with Crippen LogP contribution in [0.2, 0.25) is 0 Å². The molecule has 33 heteroatoms. The van der Waals surface area contributed by atoms with E-state index in [0.29, 0.717) is 97.7 Å². The first-order valence-corrected chi connectivity index (χ1v) is 33.7. The molecule has 0 radical (unpaired) electrons. The van der Waals surface area contributed by atoms with Crippen LogP contribution in [-0.2, 0) is 29.5 Å². The van der Waals surface area contributed by atoms with Crippen molar-refractivity contribution >= 4 is 109 Å². The Morgan fingerprint density at radius 3 is 1.28 bits per heavy atom. The van der Waals surface area contributed by atoms with Crippen LogP contribution in [0, 0.1) is 0 Å². The summed E-state index contributed by atoms with van der Waals surface area (Å²) < 4.78 is 64.9. The summed E-state index contributed by atoms with van der Waals surface area (Å²) >= 11 is 4.40. The number of aldehydes is 1. The summed E-state index contributed by atoms with van der Waals surface area (Å²) in [4.78, 5) is 75.5. The molecule has 96 heavy (non-hydrogen) atoms. The van der Waals surface area contributed by atoms with Crippen molar-refractivity contribution in [2.24, 2.45) is 0 Å². The Bertz CT molecular complexity index is 3980. The number of nitrogen functional groups attached to an aromatic ring is 1. The Labute approximate surface area is 571 Å². The number of ether oxygens (including phenoxy) is 8. The van der Waals surface area contributed by atoms with Crippen molar-refractivity contribution in [2.45, 2.75) is 47.7 Å². The summed E-state index contributed by atoms with van der Waals surface area (Å²) in [5, 5.41) is 11.0. The summed E-state index contributed by atoms with van der Waals surface area (Å²) in [5.41, 5.74) is 11.4. The Balaban J connectivity index is 0.000000224. The van der Waals surface area contributed by atoms with Crippen LogP contribution in [0.15, 0.2) is 118 Å². The SMILES string of the molecule is C.CNc1nc(SC)ncc1C=O.CNc1nc(SC)ncc1CNc1cc(OC)cc(OC)c1.COc1cc(N)cc(OC)c1.COc1cc(OC)cc(N2Cc3cnc(S(C)(=O)=O)nc3N(C)C2=O)c1.COc1cc(OC)cc(N2Cc3cnc(SC)nc3N(C)C2=O)c1. The molecule has 0 aliphatic carbocycles. The van der Waals surface area contributed by atoms with E-state index in [-0.39, 0.29) is 37.0 Å². The maximum absolute atomic E-state index is 12.8. The van der Waals surface area contributed by atoms with Gasteiger partial charge in [0.1, 0.15) is 69.3 Å². The van der Waals surface area contributed by atoms with Crippen molar-refractivity contribution in [2.75, 3.05) is 151 Å². The van der Waals surface area contributed by atoms with Crippen LogP contribution in [0.4, 0.5) is 55.6 Å². The fourth-order valence-corrected chi connectivity index (χ4v) is 10.2. The zero-order chi connectivity index (χ0) is 69.5. The highest BCUT2D eigenvalue weighted by Crippen LogP contribution is 2.37. The molecule has 0 bridgehead atoms. The number of benzene rings is 4. The van der Waals surface area contributed by atoms with Gasteiger partial charge in [-0.25, -0.2) is 57.9 Å². The topological polar surface area (TPSA) is 337 Å². The monoisotopic (exact) mass is 1400 g/mol. The van der Waals surface area contributed by atoms with Crippen molar-refractivity contribution in [3.05, 3.63) is 120 Å². The van der Waals surface area contributed by atoms with E-state index in [0.717, 1.165) is 51.8 Å². The van der Waals surface area contributed by atoms with Crippen LogP contribution in [0.3, 0.4) is 0 Å². The molecule has 0 saturated carbocycles. The van der Waals surface area contributed by atoms with Crippen molar-refractivity contribution in [1.82, 2.24) is 39.9 Å². The van der Waals surface area contributed by atoms with Gasteiger partial charge >= 0.3 is 12.1 Å². The lowest BCUT2D eigenvalue weighted by Crippen LogP contribution is -2.46. The van der Waals surface area contributed by atoms with Gasteiger partial charge in [0.15, 0.2) is 21.8 Å². The molecule has 2 aliphatic heterocycles. The Morgan fingerprint density at radius 2 is 0.885 bits per heavy atom. The highest BCUT2D eigenvalue weighted by molar-refractivity contribution is 7.98. The predicted molar refractivity (Wildman–Crippen MR) is 378 cm³/mol. The Morgan fingerprint density at radius 1 is 0.521 bits per heavy atom. The van der Waals surface area contributed by atoms with E-state index < -0.39 is 9.84 Å². The summed E-state index contributed by atoms with van der Waals surface area (Å²) in [6.07, 6.45) is 14.0. The zero-order valence-corrected chi connectivity index (χ0v) is 58.6.